The average Bonchev–Trinajstić information content (AvgIpc) is 2.94. The van der Waals surface area contributed by atoms with Crippen molar-refractivity contribution >= 4 is 9.84 Å². The van der Waals surface area contributed by atoms with Crippen LogP contribution in [0, 0.1) is 0 Å². The van der Waals surface area contributed by atoms with Gasteiger partial charge in [-0.2, -0.15) is 0 Å². The van der Waals surface area contributed by atoms with Crippen LogP contribution < -0.4 is 5.32 Å². The molecule has 1 N–H and O–H groups in total. The number of rotatable bonds is 4. The van der Waals surface area contributed by atoms with Gasteiger partial charge in [-0.1, -0.05) is 0 Å². The molecule has 2 aliphatic rings. The van der Waals surface area contributed by atoms with Crippen LogP contribution in [-0.2, 0) is 29.2 Å². The van der Waals surface area contributed by atoms with Crippen LogP contribution in [0.3, 0.4) is 0 Å². The molecule has 6 heteroatoms. The monoisotopic (exact) mass is 283 g/mol. The van der Waals surface area contributed by atoms with Crippen molar-refractivity contribution in [2.24, 2.45) is 0 Å². The summed E-state index contributed by atoms with van der Waals surface area (Å²) < 4.78 is 25.0. The van der Waals surface area contributed by atoms with E-state index in [1.54, 1.807) is 0 Å². The summed E-state index contributed by atoms with van der Waals surface area (Å²) in [4.78, 5) is 4.47. The Morgan fingerprint density at radius 2 is 2.21 bits per heavy atom. The van der Waals surface area contributed by atoms with Crippen LogP contribution in [0.25, 0.3) is 0 Å². The summed E-state index contributed by atoms with van der Waals surface area (Å²) in [5.41, 5.74) is 2.64. The van der Waals surface area contributed by atoms with Crippen LogP contribution >= 0.6 is 0 Å². The minimum absolute atomic E-state index is 0.143. The summed E-state index contributed by atoms with van der Waals surface area (Å²) in [5, 5.41) is 3.35. The Morgan fingerprint density at radius 3 is 3.00 bits per heavy atom. The fourth-order valence-electron chi connectivity index (χ4n) is 3.07. The predicted molar refractivity (Wildman–Crippen MR) is 73.9 cm³/mol. The van der Waals surface area contributed by atoms with Gasteiger partial charge in [0.2, 0.25) is 0 Å². The van der Waals surface area contributed by atoms with Gasteiger partial charge >= 0.3 is 0 Å². The molecule has 2 heterocycles. The highest BCUT2D eigenvalue weighted by atomic mass is 32.2. The van der Waals surface area contributed by atoms with E-state index in [9.17, 15) is 8.42 Å². The normalized spacial score (nSPS) is 25.4. The van der Waals surface area contributed by atoms with E-state index in [0.717, 1.165) is 32.4 Å². The second kappa shape index (κ2) is 5.25. The number of hydrogen-bond acceptors (Lipinski definition) is 4. The van der Waals surface area contributed by atoms with Crippen molar-refractivity contribution < 1.29 is 8.42 Å². The number of aryl methyl sites for hydroxylation is 1. The van der Waals surface area contributed by atoms with E-state index >= 15 is 0 Å². The smallest absolute Gasteiger partial charge is 0.151 e. The van der Waals surface area contributed by atoms with Gasteiger partial charge in [0.1, 0.15) is 0 Å². The van der Waals surface area contributed by atoms with Gasteiger partial charge in [0.25, 0.3) is 0 Å². The molecule has 1 aliphatic carbocycles. The fourth-order valence-corrected chi connectivity index (χ4v) is 4.78. The van der Waals surface area contributed by atoms with E-state index in [1.807, 2.05) is 6.33 Å². The Labute approximate surface area is 114 Å². The van der Waals surface area contributed by atoms with E-state index in [4.69, 9.17) is 0 Å². The van der Waals surface area contributed by atoms with Crippen LogP contribution in [0.4, 0.5) is 0 Å². The van der Waals surface area contributed by atoms with E-state index in [-0.39, 0.29) is 6.04 Å². The first-order valence-electron chi connectivity index (χ1n) is 7.11. The maximum atomic E-state index is 11.4. The molecule has 1 fully saturated rings. The van der Waals surface area contributed by atoms with Gasteiger partial charge in [-0.15, -0.1) is 0 Å². The van der Waals surface area contributed by atoms with Gasteiger partial charge < -0.3 is 9.88 Å². The van der Waals surface area contributed by atoms with Crippen molar-refractivity contribution in [1.82, 2.24) is 14.9 Å². The third kappa shape index (κ3) is 3.00. The lowest BCUT2D eigenvalue weighted by molar-refractivity contribution is 0.508. The van der Waals surface area contributed by atoms with E-state index in [2.05, 4.69) is 14.9 Å². The van der Waals surface area contributed by atoms with Gasteiger partial charge in [-0.05, 0) is 32.1 Å². The second-order valence-electron chi connectivity index (χ2n) is 5.59. The molecule has 19 heavy (non-hydrogen) atoms. The highest BCUT2D eigenvalue weighted by Gasteiger charge is 2.27. The summed E-state index contributed by atoms with van der Waals surface area (Å²) in [6.45, 7) is 1.71. The molecule has 106 valence electrons. The van der Waals surface area contributed by atoms with Gasteiger partial charge in [0, 0.05) is 24.8 Å². The quantitative estimate of drug-likeness (QED) is 0.876. The zero-order chi connectivity index (χ0) is 13.3. The standard InChI is InChI=1S/C13H21N3O2S/c17-19(18)8-5-11(9-19)14-6-7-16-10-15-12-3-1-2-4-13(12)16/h10-11,14H,1-9H2. The Balaban J connectivity index is 1.52. The molecule has 1 unspecified atom stereocenters. The molecule has 1 aliphatic heterocycles. The fraction of sp³-hybridized carbons (Fsp3) is 0.769. The van der Waals surface area contributed by atoms with Crippen LogP contribution in [0.2, 0.25) is 0 Å². The molecule has 0 bridgehead atoms. The lowest BCUT2D eigenvalue weighted by atomic mass is 10.0. The van der Waals surface area contributed by atoms with Gasteiger partial charge in [-0.3, -0.25) is 0 Å². The number of nitrogens with one attached hydrogen (secondary N) is 1. The molecule has 1 aromatic heterocycles. The summed E-state index contributed by atoms with van der Waals surface area (Å²) in [7, 11) is -2.78. The molecule has 1 atom stereocenters. The largest absolute Gasteiger partial charge is 0.333 e. The number of imidazole rings is 1. The minimum Gasteiger partial charge on any atom is -0.333 e. The minimum atomic E-state index is -2.78. The summed E-state index contributed by atoms with van der Waals surface area (Å²) >= 11 is 0. The number of hydrogen-bond donors (Lipinski definition) is 1. The molecular weight excluding hydrogens is 262 g/mol. The predicted octanol–water partition coefficient (Wildman–Crippen LogP) is 0.539. The number of aromatic nitrogens is 2. The first kappa shape index (κ1) is 13.1. The van der Waals surface area contributed by atoms with Gasteiger partial charge in [0.05, 0.1) is 23.5 Å². The third-order valence-electron chi connectivity index (χ3n) is 4.13. The van der Waals surface area contributed by atoms with E-state index in [0.29, 0.717) is 11.5 Å². The summed E-state index contributed by atoms with van der Waals surface area (Å²) in [6, 6.07) is 0.143. The second-order valence-corrected chi connectivity index (χ2v) is 7.82. The first-order chi connectivity index (χ1) is 9.14. The number of nitrogens with zero attached hydrogens (tertiary/aromatic N) is 2. The molecule has 0 saturated carbocycles. The Kier molecular flexibility index (Phi) is 3.62. The molecule has 0 aromatic carbocycles. The maximum Gasteiger partial charge on any atom is 0.151 e. The molecule has 0 spiro atoms. The van der Waals surface area contributed by atoms with Crippen molar-refractivity contribution in [3.05, 3.63) is 17.7 Å². The van der Waals surface area contributed by atoms with Crippen molar-refractivity contribution in [2.75, 3.05) is 18.1 Å². The zero-order valence-corrected chi connectivity index (χ0v) is 12.0. The van der Waals surface area contributed by atoms with Crippen molar-refractivity contribution in [3.63, 3.8) is 0 Å². The zero-order valence-electron chi connectivity index (χ0n) is 11.1. The molecular formula is C13H21N3O2S. The van der Waals surface area contributed by atoms with E-state index in [1.165, 1.54) is 24.2 Å². The molecule has 5 nitrogen and oxygen atoms in total. The maximum absolute atomic E-state index is 11.4. The molecule has 1 aromatic rings. The van der Waals surface area contributed by atoms with Crippen LogP contribution in [0.1, 0.15) is 30.7 Å². The van der Waals surface area contributed by atoms with Gasteiger partial charge in [-0.25, -0.2) is 13.4 Å². The topological polar surface area (TPSA) is 64.0 Å². The molecule has 0 radical (unpaired) electrons. The average molecular weight is 283 g/mol. The highest BCUT2D eigenvalue weighted by Crippen LogP contribution is 2.19. The van der Waals surface area contributed by atoms with E-state index < -0.39 is 9.84 Å². The molecule has 0 amide bonds. The number of sulfone groups is 1. The van der Waals surface area contributed by atoms with Crippen LogP contribution in [0.5, 0.6) is 0 Å². The lowest BCUT2D eigenvalue weighted by Crippen LogP contribution is -2.32. The van der Waals surface area contributed by atoms with Crippen molar-refractivity contribution in [2.45, 2.75) is 44.7 Å². The van der Waals surface area contributed by atoms with Gasteiger partial charge in [0.15, 0.2) is 9.84 Å². The molecule has 1 saturated heterocycles. The highest BCUT2D eigenvalue weighted by molar-refractivity contribution is 7.91. The lowest BCUT2D eigenvalue weighted by Gasteiger charge is -2.15. The Bertz CT molecular complexity index is 550. The van der Waals surface area contributed by atoms with Crippen LogP contribution in [0.15, 0.2) is 6.33 Å². The van der Waals surface area contributed by atoms with Crippen molar-refractivity contribution in [3.8, 4) is 0 Å². The summed E-state index contributed by atoms with van der Waals surface area (Å²) in [5.74, 6) is 0.639. The third-order valence-corrected chi connectivity index (χ3v) is 5.90. The Hall–Kier alpha value is -0.880. The summed E-state index contributed by atoms with van der Waals surface area (Å²) in [6.07, 6.45) is 7.44. The SMILES string of the molecule is O=S1(=O)CCC(NCCn2cnc3c2CCCC3)C1. The first-order valence-corrected chi connectivity index (χ1v) is 8.93. The molecule has 3 rings (SSSR count). The van der Waals surface area contributed by atoms with Crippen LogP contribution in [-0.4, -0.2) is 42.1 Å². The van der Waals surface area contributed by atoms with Crippen molar-refractivity contribution in [1.29, 1.82) is 0 Å². The number of fused-ring (bicyclic) bond motifs is 1. The Morgan fingerprint density at radius 1 is 1.37 bits per heavy atom.